The highest BCUT2D eigenvalue weighted by Crippen LogP contribution is 2.27. The van der Waals surface area contributed by atoms with Crippen LogP contribution in [-0.2, 0) is 11.3 Å². The summed E-state index contributed by atoms with van der Waals surface area (Å²) in [6.45, 7) is 3.08. The molecule has 0 radical (unpaired) electrons. The first-order valence-electron chi connectivity index (χ1n) is 10.5. The van der Waals surface area contributed by atoms with Gasteiger partial charge in [0.05, 0.1) is 0 Å². The first-order valence-corrected chi connectivity index (χ1v) is 10.5. The third kappa shape index (κ3) is 3.38. The number of nitrogens with zero attached hydrogens (tertiary/aromatic N) is 2. The third-order valence-corrected chi connectivity index (χ3v) is 5.75. The summed E-state index contributed by atoms with van der Waals surface area (Å²) in [6.07, 6.45) is 4.58. The summed E-state index contributed by atoms with van der Waals surface area (Å²) in [5.74, 6) is -0.266. The van der Waals surface area contributed by atoms with Gasteiger partial charge in [-0.1, -0.05) is 67.6 Å². The molecule has 1 saturated heterocycles. The van der Waals surface area contributed by atoms with E-state index < -0.39 is 0 Å². The SMILES string of the molecule is CCCN1C(=O)N/C(=C/c2cn(Cc3cccc4ccccc34)c3ccccc23)C1=O. The number of fused-ring (bicyclic) bond motifs is 2. The fourth-order valence-electron chi connectivity index (χ4n) is 4.29. The van der Waals surface area contributed by atoms with E-state index in [0.717, 1.165) is 22.9 Å². The zero-order valence-electron chi connectivity index (χ0n) is 17.3. The molecule has 31 heavy (non-hydrogen) atoms. The Morgan fingerprint density at radius 2 is 1.65 bits per heavy atom. The molecule has 1 aromatic heterocycles. The van der Waals surface area contributed by atoms with Crippen LogP contribution >= 0.6 is 0 Å². The number of rotatable bonds is 5. The van der Waals surface area contributed by atoms with E-state index in [4.69, 9.17) is 0 Å². The maximum atomic E-state index is 12.7. The fourth-order valence-corrected chi connectivity index (χ4v) is 4.29. The number of carbonyl (C=O) groups is 2. The number of amides is 3. The Hall–Kier alpha value is -3.86. The maximum Gasteiger partial charge on any atom is 0.329 e. The molecular formula is C26H23N3O2. The van der Waals surface area contributed by atoms with Crippen molar-refractivity contribution in [3.8, 4) is 0 Å². The van der Waals surface area contributed by atoms with Gasteiger partial charge in [-0.15, -0.1) is 0 Å². The first-order chi connectivity index (χ1) is 15.2. The standard InChI is InChI=1S/C26H23N3O2/c1-2-14-29-25(30)23(27-26(29)31)15-20-17-28(24-13-6-5-12-22(20)24)16-19-10-7-9-18-8-3-4-11-21(18)19/h3-13,15,17H,2,14,16H2,1H3,(H,27,31)/b23-15+. The summed E-state index contributed by atoms with van der Waals surface area (Å²) >= 11 is 0. The first kappa shape index (κ1) is 19.1. The quantitative estimate of drug-likeness (QED) is 0.366. The van der Waals surface area contributed by atoms with Crippen LogP contribution in [0, 0.1) is 0 Å². The van der Waals surface area contributed by atoms with Gasteiger partial charge < -0.3 is 9.88 Å². The van der Waals surface area contributed by atoms with E-state index in [1.165, 1.54) is 21.2 Å². The highest BCUT2D eigenvalue weighted by atomic mass is 16.2. The minimum absolute atomic E-state index is 0.266. The molecule has 5 rings (SSSR count). The van der Waals surface area contributed by atoms with Crippen LogP contribution < -0.4 is 5.32 Å². The molecule has 1 aliphatic rings. The van der Waals surface area contributed by atoms with Crippen molar-refractivity contribution >= 4 is 39.7 Å². The van der Waals surface area contributed by atoms with E-state index in [1.807, 2.05) is 25.1 Å². The van der Waals surface area contributed by atoms with Gasteiger partial charge >= 0.3 is 6.03 Å². The van der Waals surface area contributed by atoms with Crippen LogP contribution in [0.3, 0.4) is 0 Å². The zero-order valence-corrected chi connectivity index (χ0v) is 17.3. The molecular weight excluding hydrogens is 386 g/mol. The van der Waals surface area contributed by atoms with Gasteiger partial charge in [-0.3, -0.25) is 9.69 Å². The topological polar surface area (TPSA) is 54.3 Å². The minimum Gasteiger partial charge on any atom is -0.342 e. The molecule has 1 N–H and O–H groups in total. The van der Waals surface area contributed by atoms with E-state index in [9.17, 15) is 9.59 Å². The van der Waals surface area contributed by atoms with Gasteiger partial charge in [0.15, 0.2) is 0 Å². The molecule has 1 fully saturated rings. The molecule has 0 atom stereocenters. The second kappa shape index (κ2) is 7.76. The third-order valence-electron chi connectivity index (χ3n) is 5.75. The summed E-state index contributed by atoms with van der Waals surface area (Å²) in [7, 11) is 0. The van der Waals surface area contributed by atoms with E-state index in [2.05, 4.69) is 64.6 Å². The second-order valence-corrected chi connectivity index (χ2v) is 7.81. The van der Waals surface area contributed by atoms with Crippen LogP contribution in [0.5, 0.6) is 0 Å². The van der Waals surface area contributed by atoms with Gasteiger partial charge in [-0.05, 0) is 34.9 Å². The van der Waals surface area contributed by atoms with Crippen molar-refractivity contribution < 1.29 is 9.59 Å². The van der Waals surface area contributed by atoms with Crippen LogP contribution in [0.25, 0.3) is 27.8 Å². The lowest BCUT2D eigenvalue weighted by Crippen LogP contribution is -2.31. The zero-order chi connectivity index (χ0) is 21.4. The Morgan fingerprint density at radius 1 is 0.903 bits per heavy atom. The number of urea groups is 1. The number of hydrogen-bond donors (Lipinski definition) is 1. The van der Waals surface area contributed by atoms with Gasteiger partial charge in [-0.25, -0.2) is 4.79 Å². The number of nitrogens with one attached hydrogen (secondary N) is 1. The maximum absolute atomic E-state index is 12.7. The molecule has 5 heteroatoms. The van der Waals surface area contributed by atoms with Crippen molar-refractivity contribution in [3.63, 3.8) is 0 Å². The lowest BCUT2D eigenvalue weighted by Gasteiger charge is -2.09. The van der Waals surface area contributed by atoms with Crippen molar-refractivity contribution in [1.82, 2.24) is 14.8 Å². The number of aromatic nitrogens is 1. The average Bonchev–Trinajstić information content (AvgIpc) is 3.26. The minimum atomic E-state index is -0.349. The lowest BCUT2D eigenvalue weighted by atomic mass is 10.0. The monoisotopic (exact) mass is 409 g/mol. The molecule has 5 nitrogen and oxygen atoms in total. The Balaban J connectivity index is 1.56. The van der Waals surface area contributed by atoms with Crippen molar-refractivity contribution in [1.29, 1.82) is 0 Å². The normalized spacial score (nSPS) is 15.4. The highest BCUT2D eigenvalue weighted by molar-refractivity contribution is 6.14. The summed E-state index contributed by atoms with van der Waals surface area (Å²) in [5, 5.41) is 6.22. The molecule has 1 aliphatic heterocycles. The Kier molecular flexibility index (Phi) is 4.79. The van der Waals surface area contributed by atoms with Crippen LogP contribution in [0.2, 0.25) is 0 Å². The van der Waals surface area contributed by atoms with Crippen molar-refractivity contribution in [3.05, 3.63) is 89.8 Å². The largest absolute Gasteiger partial charge is 0.342 e. The second-order valence-electron chi connectivity index (χ2n) is 7.81. The van der Waals surface area contributed by atoms with Crippen molar-refractivity contribution in [2.24, 2.45) is 0 Å². The van der Waals surface area contributed by atoms with Gasteiger partial charge in [0.2, 0.25) is 0 Å². The number of benzene rings is 3. The van der Waals surface area contributed by atoms with Crippen molar-refractivity contribution in [2.75, 3.05) is 6.54 Å². The van der Waals surface area contributed by atoms with Gasteiger partial charge in [0.1, 0.15) is 5.70 Å². The Labute approximate surface area is 180 Å². The summed E-state index contributed by atoms with van der Waals surface area (Å²) in [4.78, 5) is 26.1. The van der Waals surface area contributed by atoms with E-state index >= 15 is 0 Å². The van der Waals surface area contributed by atoms with E-state index in [0.29, 0.717) is 18.8 Å². The van der Waals surface area contributed by atoms with Crippen molar-refractivity contribution in [2.45, 2.75) is 19.9 Å². The van der Waals surface area contributed by atoms with Crippen LogP contribution in [0.15, 0.2) is 78.6 Å². The molecule has 0 saturated carbocycles. The Bertz CT molecular complexity index is 1340. The predicted molar refractivity (Wildman–Crippen MR) is 124 cm³/mol. The number of para-hydroxylation sites is 1. The number of imide groups is 1. The molecule has 2 heterocycles. The number of hydrogen-bond acceptors (Lipinski definition) is 2. The van der Waals surface area contributed by atoms with E-state index in [-0.39, 0.29) is 11.9 Å². The lowest BCUT2D eigenvalue weighted by molar-refractivity contribution is -0.122. The molecule has 4 aromatic rings. The van der Waals surface area contributed by atoms with E-state index in [1.54, 1.807) is 6.08 Å². The molecule has 154 valence electrons. The summed E-state index contributed by atoms with van der Waals surface area (Å²) in [6, 6.07) is 22.5. The predicted octanol–water partition coefficient (Wildman–Crippen LogP) is 5.15. The molecule has 0 unspecified atom stereocenters. The molecule has 3 amide bonds. The van der Waals surface area contributed by atoms with Gasteiger partial charge in [0.25, 0.3) is 5.91 Å². The highest BCUT2D eigenvalue weighted by Gasteiger charge is 2.32. The number of carbonyl (C=O) groups excluding carboxylic acids is 2. The average molecular weight is 409 g/mol. The van der Waals surface area contributed by atoms with Crippen LogP contribution in [0.1, 0.15) is 24.5 Å². The van der Waals surface area contributed by atoms with Crippen LogP contribution in [0.4, 0.5) is 4.79 Å². The molecule has 0 bridgehead atoms. The van der Waals surface area contributed by atoms with Gasteiger partial charge in [0, 0.05) is 35.8 Å². The molecule has 3 aromatic carbocycles. The Morgan fingerprint density at radius 3 is 2.48 bits per heavy atom. The molecule has 0 aliphatic carbocycles. The molecule has 0 spiro atoms. The van der Waals surface area contributed by atoms with Gasteiger partial charge in [-0.2, -0.15) is 0 Å². The summed E-state index contributed by atoms with van der Waals surface area (Å²) < 4.78 is 2.20. The smallest absolute Gasteiger partial charge is 0.329 e. The summed E-state index contributed by atoms with van der Waals surface area (Å²) in [5.41, 5.74) is 3.56. The fraction of sp³-hybridized carbons (Fsp3) is 0.154. The van der Waals surface area contributed by atoms with Crippen LogP contribution in [-0.4, -0.2) is 28.0 Å².